The van der Waals surface area contributed by atoms with Crippen LogP contribution in [0.1, 0.15) is 10.4 Å². The summed E-state index contributed by atoms with van der Waals surface area (Å²) in [7, 11) is 1.78. The maximum absolute atomic E-state index is 12.2. The Balaban J connectivity index is 2.26. The molecule has 0 radical (unpaired) electrons. The lowest BCUT2D eigenvalue weighted by atomic mass is 10.1. The second-order valence-electron chi connectivity index (χ2n) is 3.87. The van der Waals surface area contributed by atoms with Gasteiger partial charge in [0.1, 0.15) is 0 Å². The van der Waals surface area contributed by atoms with Crippen molar-refractivity contribution in [2.75, 3.05) is 17.7 Å². The molecule has 2 N–H and O–H groups in total. The minimum Gasteiger partial charge on any atom is -0.387 e. The molecule has 0 aliphatic rings. The van der Waals surface area contributed by atoms with Crippen LogP contribution < -0.4 is 10.6 Å². The van der Waals surface area contributed by atoms with Crippen molar-refractivity contribution in [1.82, 2.24) is 0 Å². The van der Waals surface area contributed by atoms with E-state index < -0.39 is 0 Å². The molecule has 2 rings (SSSR count). The van der Waals surface area contributed by atoms with Gasteiger partial charge >= 0.3 is 0 Å². The van der Waals surface area contributed by atoms with Gasteiger partial charge in [0.25, 0.3) is 5.91 Å². The van der Waals surface area contributed by atoms with Crippen LogP contribution in [0.2, 0.25) is 5.02 Å². The molecule has 0 aliphatic heterocycles. The van der Waals surface area contributed by atoms with Crippen LogP contribution in [0.5, 0.6) is 0 Å². The second kappa shape index (κ2) is 6.08. The normalized spacial score (nSPS) is 10.1. The number of carbonyl (C=O) groups is 1. The number of para-hydroxylation sites is 1. The lowest BCUT2D eigenvalue weighted by molar-refractivity contribution is 0.102. The minimum atomic E-state index is -0.173. The highest BCUT2D eigenvalue weighted by atomic mass is 79.9. The van der Waals surface area contributed by atoms with E-state index in [1.54, 1.807) is 31.3 Å². The Bertz CT molecular complexity index is 616. The molecule has 0 saturated heterocycles. The molecule has 0 aromatic heterocycles. The molecule has 3 nitrogen and oxygen atoms in total. The van der Waals surface area contributed by atoms with Gasteiger partial charge in [-0.1, -0.05) is 23.7 Å². The zero-order valence-electron chi connectivity index (χ0n) is 10.2. The van der Waals surface area contributed by atoms with E-state index in [0.717, 1.165) is 10.2 Å². The van der Waals surface area contributed by atoms with Gasteiger partial charge in [0, 0.05) is 22.2 Å². The van der Waals surface area contributed by atoms with Gasteiger partial charge in [-0.15, -0.1) is 0 Å². The van der Waals surface area contributed by atoms with Gasteiger partial charge in [-0.25, -0.2) is 0 Å². The quantitative estimate of drug-likeness (QED) is 0.870. The number of carbonyl (C=O) groups excluding carboxylic acids is 1. The Morgan fingerprint density at radius 3 is 2.58 bits per heavy atom. The lowest BCUT2D eigenvalue weighted by Gasteiger charge is -2.11. The number of halogens is 2. The highest BCUT2D eigenvalue weighted by molar-refractivity contribution is 9.10. The van der Waals surface area contributed by atoms with Crippen LogP contribution in [0, 0.1) is 0 Å². The first-order valence-corrected chi connectivity index (χ1v) is 6.82. The molecule has 5 heteroatoms. The number of benzene rings is 2. The van der Waals surface area contributed by atoms with Crippen LogP contribution >= 0.6 is 27.5 Å². The third kappa shape index (κ3) is 3.28. The second-order valence-corrected chi connectivity index (χ2v) is 5.16. The van der Waals surface area contributed by atoms with Gasteiger partial charge in [-0.3, -0.25) is 4.79 Å². The molecule has 98 valence electrons. The summed E-state index contributed by atoms with van der Waals surface area (Å²) < 4.78 is 0.746. The van der Waals surface area contributed by atoms with Crippen LogP contribution in [0.15, 0.2) is 46.9 Å². The van der Waals surface area contributed by atoms with Crippen LogP contribution in [0.4, 0.5) is 11.4 Å². The first-order chi connectivity index (χ1) is 9.11. The van der Waals surface area contributed by atoms with Gasteiger partial charge in [-0.05, 0) is 46.3 Å². The molecule has 0 bridgehead atoms. The molecule has 0 aliphatic carbocycles. The number of amides is 1. The third-order valence-electron chi connectivity index (χ3n) is 2.62. The van der Waals surface area contributed by atoms with Crippen molar-refractivity contribution in [2.45, 2.75) is 0 Å². The molecule has 0 unspecified atom stereocenters. The fourth-order valence-electron chi connectivity index (χ4n) is 1.68. The van der Waals surface area contributed by atoms with Crippen molar-refractivity contribution in [2.24, 2.45) is 0 Å². The van der Waals surface area contributed by atoms with Gasteiger partial charge in [0.15, 0.2) is 0 Å². The molecule has 19 heavy (non-hydrogen) atoms. The molecule has 1 amide bonds. The minimum absolute atomic E-state index is 0.173. The Morgan fingerprint density at radius 1 is 1.16 bits per heavy atom. The predicted molar refractivity (Wildman–Crippen MR) is 83.1 cm³/mol. The summed E-state index contributed by atoms with van der Waals surface area (Å²) in [5.41, 5.74) is 2.05. The summed E-state index contributed by atoms with van der Waals surface area (Å²) in [6, 6.07) is 12.5. The molecule has 0 atom stereocenters. The fourth-order valence-corrected chi connectivity index (χ4v) is 2.46. The van der Waals surface area contributed by atoms with Crippen molar-refractivity contribution in [1.29, 1.82) is 0 Å². The number of anilines is 2. The third-order valence-corrected chi connectivity index (χ3v) is 3.51. The van der Waals surface area contributed by atoms with Crippen molar-refractivity contribution in [3.63, 3.8) is 0 Å². The molecule has 0 heterocycles. The van der Waals surface area contributed by atoms with Gasteiger partial charge in [-0.2, -0.15) is 0 Å². The monoisotopic (exact) mass is 338 g/mol. The summed E-state index contributed by atoms with van der Waals surface area (Å²) >= 11 is 9.23. The fraction of sp³-hybridized carbons (Fsp3) is 0.0714. The van der Waals surface area contributed by atoms with Crippen LogP contribution in [-0.2, 0) is 0 Å². The van der Waals surface area contributed by atoms with Crippen molar-refractivity contribution < 1.29 is 4.79 Å². The van der Waals surface area contributed by atoms with Gasteiger partial charge < -0.3 is 10.6 Å². The molecule has 0 fully saturated rings. The Morgan fingerprint density at radius 2 is 1.89 bits per heavy atom. The van der Waals surface area contributed by atoms with E-state index in [1.807, 2.05) is 18.2 Å². The summed E-state index contributed by atoms with van der Waals surface area (Å²) in [5.74, 6) is -0.173. The summed E-state index contributed by atoms with van der Waals surface area (Å²) in [6.07, 6.45) is 0. The summed E-state index contributed by atoms with van der Waals surface area (Å²) in [6.45, 7) is 0. The number of rotatable bonds is 3. The first-order valence-electron chi connectivity index (χ1n) is 5.65. The Hall–Kier alpha value is -1.52. The zero-order valence-corrected chi connectivity index (χ0v) is 12.5. The molecular weight excluding hydrogens is 328 g/mol. The van der Waals surface area contributed by atoms with Crippen LogP contribution in [0.3, 0.4) is 0 Å². The molecule has 0 spiro atoms. The lowest BCUT2D eigenvalue weighted by Crippen LogP contribution is -2.14. The van der Waals surface area contributed by atoms with E-state index in [0.29, 0.717) is 16.3 Å². The highest BCUT2D eigenvalue weighted by Crippen LogP contribution is 2.27. The Kier molecular flexibility index (Phi) is 4.45. The zero-order chi connectivity index (χ0) is 13.8. The molecule has 2 aromatic rings. The van der Waals surface area contributed by atoms with E-state index in [1.165, 1.54) is 0 Å². The van der Waals surface area contributed by atoms with Crippen molar-refractivity contribution in [3.05, 3.63) is 57.5 Å². The van der Waals surface area contributed by atoms with Gasteiger partial charge in [0.2, 0.25) is 0 Å². The average molecular weight is 340 g/mol. The standard InChI is InChI=1S/C14H12BrClN2O/c1-17-12-5-3-2-4-10(12)14(19)18-13-7-6-9(16)8-11(13)15/h2-8,17H,1H3,(H,18,19). The predicted octanol–water partition coefficient (Wildman–Crippen LogP) is 4.40. The number of hydrogen-bond donors (Lipinski definition) is 2. The largest absolute Gasteiger partial charge is 0.387 e. The van der Waals surface area contributed by atoms with E-state index in [9.17, 15) is 4.79 Å². The maximum Gasteiger partial charge on any atom is 0.257 e. The smallest absolute Gasteiger partial charge is 0.257 e. The van der Waals surface area contributed by atoms with Gasteiger partial charge in [0.05, 0.1) is 11.3 Å². The summed E-state index contributed by atoms with van der Waals surface area (Å²) in [4.78, 5) is 12.2. The average Bonchev–Trinajstić information content (AvgIpc) is 2.41. The number of hydrogen-bond acceptors (Lipinski definition) is 2. The van der Waals surface area contributed by atoms with Crippen molar-refractivity contribution >= 4 is 44.8 Å². The SMILES string of the molecule is CNc1ccccc1C(=O)Nc1ccc(Cl)cc1Br. The number of nitrogens with one attached hydrogen (secondary N) is 2. The molecule has 0 saturated carbocycles. The van der Waals surface area contributed by atoms with Crippen LogP contribution in [-0.4, -0.2) is 13.0 Å². The van der Waals surface area contributed by atoms with E-state index in [2.05, 4.69) is 26.6 Å². The van der Waals surface area contributed by atoms with E-state index in [4.69, 9.17) is 11.6 Å². The van der Waals surface area contributed by atoms with E-state index in [-0.39, 0.29) is 5.91 Å². The first kappa shape index (κ1) is 13.9. The molecule has 2 aromatic carbocycles. The molecular formula is C14H12BrClN2O. The Labute approximate surface area is 125 Å². The van der Waals surface area contributed by atoms with Crippen LogP contribution in [0.25, 0.3) is 0 Å². The highest BCUT2D eigenvalue weighted by Gasteiger charge is 2.11. The topological polar surface area (TPSA) is 41.1 Å². The van der Waals surface area contributed by atoms with E-state index >= 15 is 0 Å². The van der Waals surface area contributed by atoms with Crippen molar-refractivity contribution in [3.8, 4) is 0 Å². The maximum atomic E-state index is 12.2. The summed E-state index contributed by atoms with van der Waals surface area (Å²) in [5, 5.41) is 6.45.